The van der Waals surface area contributed by atoms with Crippen LogP contribution in [0, 0.1) is 11.3 Å². The molecule has 4 rings (SSSR count). The Labute approximate surface area is 168 Å². The van der Waals surface area contributed by atoms with E-state index in [1.54, 1.807) is 0 Å². The number of benzene rings is 1. The summed E-state index contributed by atoms with van der Waals surface area (Å²) in [5, 5.41) is 10.5. The van der Waals surface area contributed by atoms with Gasteiger partial charge in [0.25, 0.3) is 0 Å². The summed E-state index contributed by atoms with van der Waals surface area (Å²) in [6.45, 7) is 11.4. The van der Waals surface area contributed by atoms with E-state index in [2.05, 4.69) is 33.9 Å². The maximum absolute atomic E-state index is 12.8. The van der Waals surface area contributed by atoms with Crippen molar-refractivity contribution in [2.24, 2.45) is 11.3 Å². The summed E-state index contributed by atoms with van der Waals surface area (Å²) in [6.07, 6.45) is 0.906. The van der Waals surface area contributed by atoms with Crippen LogP contribution >= 0.6 is 0 Å². The van der Waals surface area contributed by atoms with Gasteiger partial charge in [-0.25, -0.2) is 4.79 Å². The van der Waals surface area contributed by atoms with Crippen molar-refractivity contribution >= 4 is 14.3 Å². The minimum atomic E-state index is -1.96. The zero-order valence-electron chi connectivity index (χ0n) is 17.5. The third kappa shape index (κ3) is 2.58. The fourth-order valence-corrected chi connectivity index (χ4v) is 6.48. The maximum atomic E-state index is 12.8. The van der Waals surface area contributed by atoms with E-state index in [1.165, 1.54) is 0 Å². The van der Waals surface area contributed by atoms with Gasteiger partial charge in [-0.3, -0.25) is 0 Å². The van der Waals surface area contributed by atoms with Crippen molar-refractivity contribution < 1.29 is 23.8 Å². The molecular weight excluding hydrogens is 372 g/mol. The average molecular weight is 405 g/mol. The summed E-state index contributed by atoms with van der Waals surface area (Å²) in [5.74, 6) is -0.219. The molecule has 2 aliphatic carbocycles. The number of ether oxygens (including phenoxy) is 2. The normalized spacial score (nSPS) is 36.8. The summed E-state index contributed by atoms with van der Waals surface area (Å²) in [4.78, 5) is 12.8. The van der Waals surface area contributed by atoms with Crippen molar-refractivity contribution in [1.82, 2.24) is 0 Å². The molecule has 5 nitrogen and oxygen atoms in total. The van der Waals surface area contributed by atoms with E-state index in [0.717, 1.165) is 5.56 Å². The van der Waals surface area contributed by atoms with Crippen molar-refractivity contribution in [3.05, 3.63) is 35.9 Å². The highest BCUT2D eigenvalue weighted by molar-refractivity contribution is 6.74. The number of aliphatic hydroxyl groups is 1. The Morgan fingerprint density at radius 1 is 1.25 bits per heavy atom. The lowest BCUT2D eigenvalue weighted by molar-refractivity contribution is -0.236. The van der Waals surface area contributed by atoms with Gasteiger partial charge in [0.15, 0.2) is 13.9 Å². The molecule has 1 aromatic rings. The smallest absolute Gasteiger partial charge is 0.339 e. The minimum absolute atomic E-state index is 0.0135. The van der Waals surface area contributed by atoms with Crippen LogP contribution in [-0.2, 0) is 25.3 Å². The molecule has 5 atom stereocenters. The van der Waals surface area contributed by atoms with Gasteiger partial charge in [-0.2, -0.15) is 0 Å². The number of carbonyl (C=O) groups is 1. The van der Waals surface area contributed by atoms with E-state index in [0.29, 0.717) is 19.4 Å². The van der Waals surface area contributed by atoms with E-state index in [1.807, 2.05) is 30.3 Å². The molecule has 0 aromatic heterocycles. The van der Waals surface area contributed by atoms with Crippen molar-refractivity contribution in [3.63, 3.8) is 0 Å². The van der Waals surface area contributed by atoms with Crippen LogP contribution in [0.5, 0.6) is 0 Å². The van der Waals surface area contributed by atoms with E-state index in [4.69, 9.17) is 13.9 Å². The summed E-state index contributed by atoms with van der Waals surface area (Å²) in [5.41, 5.74) is -0.707. The van der Waals surface area contributed by atoms with E-state index < -0.39 is 19.3 Å². The molecule has 0 amide bonds. The Balaban J connectivity index is 1.57. The zero-order valence-corrected chi connectivity index (χ0v) is 18.5. The van der Waals surface area contributed by atoms with Crippen LogP contribution in [0.2, 0.25) is 18.1 Å². The van der Waals surface area contributed by atoms with Crippen molar-refractivity contribution in [2.75, 3.05) is 6.61 Å². The van der Waals surface area contributed by atoms with Gasteiger partial charge in [0.2, 0.25) is 0 Å². The number of hydrogen-bond donors (Lipinski definition) is 1. The summed E-state index contributed by atoms with van der Waals surface area (Å²) in [7, 11) is -1.96. The Morgan fingerprint density at radius 3 is 2.54 bits per heavy atom. The predicted octanol–water partition coefficient (Wildman–Crippen LogP) is 3.66. The lowest BCUT2D eigenvalue weighted by atomic mass is 9.51. The Kier molecular flexibility index (Phi) is 4.58. The highest BCUT2D eigenvalue weighted by Crippen LogP contribution is 2.70. The first-order valence-corrected chi connectivity index (χ1v) is 13.2. The monoisotopic (exact) mass is 404 g/mol. The van der Waals surface area contributed by atoms with Crippen LogP contribution in [-0.4, -0.2) is 43.8 Å². The van der Waals surface area contributed by atoms with Crippen molar-refractivity contribution in [3.8, 4) is 0 Å². The molecule has 1 aromatic carbocycles. The highest BCUT2D eigenvalue weighted by Gasteiger charge is 2.83. The number of carbonyl (C=O) groups excluding carboxylic acids is 1. The maximum Gasteiger partial charge on any atom is 0.339 e. The Bertz CT molecular complexity index is 758. The topological polar surface area (TPSA) is 65.0 Å². The molecule has 2 saturated carbocycles. The van der Waals surface area contributed by atoms with Gasteiger partial charge in [-0.1, -0.05) is 51.1 Å². The van der Waals surface area contributed by atoms with E-state index in [-0.39, 0.29) is 35.7 Å². The standard InChI is InChI=1S/C22H32O5Si/c1-20(2,3)28(4,5)27-17-11-18-21(14-23)16(17)12-22(21,19(24)26-18)25-13-15-9-7-6-8-10-15/h6-10,16-18,23H,11-14H2,1-5H3/t16-,17+,18+,21-,22-/m0/s1. The first-order valence-electron chi connectivity index (χ1n) is 10.2. The fraction of sp³-hybridized carbons (Fsp3) is 0.682. The van der Waals surface area contributed by atoms with Gasteiger partial charge in [0, 0.05) is 12.3 Å². The number of rotatable bonds is 6. The Hall–Kier alpha value is -1.21. The number of esters is 1. The van der Waals surface area contributed by atoms with Gasteiger partial charge >= 0.3 is 5.97 Å². The molecule has 154 valence electrons. The van der Waals surface area contributed by atoms with Gasteiger partial charge in [0.05, 0.1) is 24.7 Å². The van der Waals surface area contributed by atoms with Crippen LogP contribution in [0.15, 0.2) is 30.3 Å². The molecule has 3 fully saturated rings. The quantitative estimate of drug-likeness (QED) is 0.579. The van der Waals surface area contributed by atoms with Crippen LogP contribution in [0.4, 0.5) is 0 Å². The second-order valence-corrected chi connectivity index (χ2v) is 14.9. The van der Waals surface area contributed by atoms with Crippen molar-refractivity contribution in [1.29, 1.82) is 0 Å². The molecule has 0 bridgehead atoms. The SMILES string of the molecule is CC(C)(C)[Si](C)(C)O[C@@H]1C[C@H]2OC(=O)[C@@]3(OCc4ccccc4)C[C@@H]1[C@@]23CO. The first-order chi connectivity index (χ1) is 13.1. The second kappa shape index (κ2) is 6.39. The highest BCUT2D eigenvalue weighted by atomic mass is 28.4. The number of aliphatic hydroxyl groups excluding tert-OH is 1. The average Bonchev–Trinajstić information content (AvgIpc) is 2.92. The summed E-state index contributed by atoms with van der Waals surface area (Å²) < 4.78 is 18.7. The van der Waals surface area contributed by atoms with Crippen molar-refractivity contribution in [2.45, 2.75) is 76.2 Å². The zero-order chi connectivity index (χ0) is 20.4. The first kappa shape index (κ1) is 20.1. The molecule has 0 spiro atoms. The molecule has 1 saturated heterocycles. The molecule has 0 unspecified atom stereocenters. The fourth-order valence-electron chi connectivity index (χ4n) is 5.11. The van der Waals surface area contributed by atoms with Crippen LogP contribution in [0.1, 0.15) is 39.2 Å². The molecule has 1 aliphatic heterocycles. The molecular formula is C22H32O5Si. The molecule has 3 aliphatic rings. The molecule has 1 heterocycles. The summed E-state index contributed by atoms with van der Waals surface area (Å²) >= 11 is 0. The Morgan fingerprint density at radius 2 is 1.93 bits per heavy atom. The third-order valence-electron chi connectivity index (χ3n) is 7.81. The van der Waals surface area contributed by atoms with Gasteiger partial charge in [-0.15, -0.1) is 0 Å². The molecule has 1 N–H and O–H groups in total. The molecule has 6 heteroatoms. The van der Waals surface area contributed by atoms with E-state index >= 15 is 0 Å². The number of hydrogen-bond acceptors (Lipinski definition) is 5. The third-order valence-corrected chi connectivity index (χ3v) is 12.3. The van der Waals surface area contributed by atoms with Gasteiger partial charge in [0.1, 0.15) is 6.10 Å². The van der Waals surface area contributed by atoms with Crippen LogP contribution in [0.3, 0.4) is 0 Å². The van der Waals surface area contributed by atoms with Gasteiger partial charge in [-0.05, 0) is 30.1 Å². The lowest BCUT2D eigenvalue weighted by Crippen LogP contribution is -2.69. The van der Waals surface area contributed by atoms with Gasteiger partial charge < -0.3 is 19.0 Å². The second-order valence-electron chi connectivity index (χ2n) is 10.2. The van der Waals surface area contributed by atoms with Crippen LogP contribution < -0.4 is 0 Å². The van der Waals surface area contributed by atoms with E-state index in [9.17, 15) is 9.90 Å². The largest absolute Gasteiger partial charge is 0.459 e. The predicted molar refractivity (Wildman–Crippen MR) is 108 cm³/mol. The molecule has 0 radical (unpaired) electrons. The van der Waals surface area contributed by atoms with Crippen LogP contribution in [0.25, 0.3) is 0 Å². The molecule has 28 heavy (non-hydrogen) atoms. The minimum Gasteiger partial charge on any atom is -0.459 e. The lowest BCUT2D eigenvalue weighted by Gasteiger charge is -2.56. The summed E-state index contributed by atoms with van der Waals surface area (Å²) in [6, 6.07) is 9.82.